The maximum Gasteiger partial charge on any atom is 0.224 e. The Morgan fingerprint density at radius 1 is 1.25 bits per heavy atom. The van der Waals surface area contributed by atoms with Crippen molar-refractivity contribution in [2.45, 2.75) is 38.2 Å². The van der Waals surface area contributed by atoms with Gasteiger partial charge in [-0.2, -0.15) is 0 Å². The summed E-state index contributed by atoms with van der Waals surface area (Å²) in [6, 6.07) is 12.0. The molecule has 2 aromatic carbocycles. The topological polar surface area (TPSA) is 64.4 Å². The molecule has 126 valence electrons. The first-order chi connectivity index (χ1) is 11.6. The van der Waals surface area contributed by atoms with Gasteiger partial charge in [-0.15, -0.1) is 0 Å². The molecule has 5 heteroatoms. The second-order valence-electron chi connectivity index (χ2n) is 6.06. The normalized spacial score (nSPS) is 14.0. The van der Waals surface area contributed by atoms with Crippen LogP contribution in [0.5, 0.6) is 5.75 Å². The minimum atomic E-state index is -0.452. The first-order valence-electron chi connectivity index (χ1n) is 8.21. The third kappa shape index (κ3) is 4.04. The molecule has 1 saturated carbocycles. The Kier molecular flexibility index (Phi) is 4.99. The maximum atomic E-state index is 14.0. The number of nitrogen functional groups attached to an aromatic ring is 1. The fourth-order valence-electron chi connectivity index (χ4n) is 2.58. The summed E-state index contributed by atoms with van der Waals surface area (Å²) >= 11 is 0. The zero-order valence-corrected chi connectivity index (χ0v) is 13.4. The number of aryl methyl sites for hydroxylation is 1. The third-order valence-electron chi connectivity index (χ3n) is 4.24. The number of ether oxygens (including phenoxy) is 1. The Morgan fingerprint density at radius 2 is 2.04 bits per heavy atom. The molecule has 0 aromatic heterocycles. The van der Waals surface area contributed by atoms with Crippen LogP contribution in [0.4, 0.5) is 15.8 Å². The summed E-state index contributed by atoms with van der Waals surface area (Å²) in [6.45, 7) is 0. The minimum Gasteiger partial charge on any atom is -0.487 e. The molecule has 0 aliphatic heterocycles. The van der Waals surface area contributed by atoms with Gasteiger partial charge in [0.15, 0.2) is 11.6 Å². The van der Waals surface area contributed by atoms with E-state index in [1.165, 1.54) is 6.07 Å². The fraction of sp³-hybridized carbons (Fsp3) is 0.316. The van der Waals surface area contributed by atoms with Crippen molar-refractivity contribution in [2.75, 3.05) is 11.1 Å². The van der Waals surface area contributed by atoms with E-state index in [2.05, 4.69) is 5.32 Å². The number of hydrogen-bond donors (Lipinski definition) is 2. The lowest BCUT2D eigenvalue weighted by molar-refractivity contribution is -0.116. The van der Waals surface area contributed by atoms with E-state index in [4.69, 9.17) is 10.5 Å². The van der Waals surface area contributed by atoms with E-state index in [0.717, 1.165) is 24.8 Å². The van der Waals surface area contributed by atoms with E-state index in [9.17, 15) is 9.18 Å². The molecule has 3 rings (SSSR count). The summed E-state index contributed by atoms with van der Waals surface area (Å²) in [7, 11) is 0. The van der Waals surface area contributed by atoms with Crippen LogP contribution in [0.1, 0.15) is 31.2 Å². The van der Waals surface area contributed by atoms with Gasteiger partial charge in [-0.1, -0.05) is 18.2 Å². The van der Waals surface area contributed by atoms with Gasteiger partial charge in [0.1, 0.15) is 0 Å². The van der Waals surface area contributed by atoms with Gasteiger partial charge in [0.2, 0.25) is 5.91 Å². The van der Waals surface area contributed by atoms with Gasteiger partial charge in [0.25, 0.3) is 0 Å². The Morgan fingerprint density at radius 3 is 2.71 bits per heavy atom. The average molecular weight is 328 g/mol. The number of hydrogen-bond acceptors (Lipinski definition) is 3. The lowest BCUT2D eigenvalue weighted by Gasteiger charge is -2.26. The first-order valence-corrected chi connectivity index (χ1v) is 8.21. The van der Waals surface area contributed by atoms with E-state index in [-0.39, 0.29) is 24.2 Å². The number of nitrogens with one attached hydrogen (secondary N) is 1. The van der Waals surface area contributed by atoms with Crippen LogP contribution in [0.3, 0.4) is 0 Å². The average Bonchev–Trinajstić information content (AvgIpc) is 2.51. The highest BCUT2D eigenvalue weighted by atomic mass is 19.1. The molecule has 24 heavy (non-hydrogen) atoms. The molecular formula is C19H21FN2O2. The summed E-state index contributed by atoms with van der Waals surface area (Å²) < 4.78 is 19.6. The smallest absolute Gasteiger partial charge is 0.224 e. The lowest BCUT2D eigenvalue weighted by Crippen LogP contribution is -2.25. The number of carbonyl (C=O) groups is 1. The number of benzene rings is 2. The van der Waals surface area contributed by atoms with Crippen molar-refractivity contribution in [3.8, 4) is 5.75 Å². The Bertz CT molecular complexity index is 729. The number of para-hydroxylation sites is 1. The van der Waals surface area contributed by atoms with Crippen LogP contribution < -0.4 is 15.8 Å². The van der Waals surface area contributed by atoms with Gasteiger partial charge in [-0.25, -0.2) is 4.39 Å². The Balaban J connectivity index is 1.54. The zero-order valence-electron chi connectivity index (χ0n) is 13.4. The first kappa shape index (κ1) is 16.3. The number of carbonyl (C=O) groups excluding carboxylic acids is 1. The number of rotatable bonds is 6. The predicted octanol–water partition coefficient (Wildman–Crippen LogP) is 3.91. The molecular weight excluding hydrogens is 307 g/mol. The molecule has 0 heterocycles. The summed E-state index contributed by atoms with van der Waals surface area (Å²) in [5.74, 6) is -0.382. The number of amides is 1. The molecule has 1 aliphatic carbocycles. The van der Waals surface area contributed by atoms with Crippen LogP contribution in [0.2, 0.25) is 0 Å². The van der Waals surface area contributed by atoms with Crippen molar-refractivity contribution < 1.29 is 13.9 Å². The SMILES string of the molecule is Nc1ccccc1CCC(=O)Nc1ccc(OC2CCC2)c(F)c1. The van der Waals surface area contributed by atoms with E-state index in [1.807, 2.05) is 24.3 Å². The molecule has 3 N–H and O–H groups in total. The molecule has 2 aromatic rings. The highest BCUT2D eigenvalue weighted by Gasteiger charge is 2.20. The largest absolute Gasteiger partial charge is 0.487 e. The molecule has 0 spiro atoms. The zero-order chi connectivity index (χ0) is 16.9. The lowest BCUT2D eigenvalue weighted by atomic mass is 9.96. The highest BCUT2D eigenvalue weighted by Crippen LogP contribution is 2.28. The Hall–Kier alpha value is -2.56. The predicted molar refractivity (Wildman–Crippen MR) is 92.5 cm³/mol. The molecule has 1 aliphatic rings. The summed E-state index contributed by atoms with van der Waals surface area (Å²) in [4.78, 5) is 12.0. The van der Waals surface area contributed by atoms with E-state index >= 15 is 0 Å². The van der Waals surface area contributed by atoms with Crippen LogP contribution in [-0.4, -0.2) is 12.0 Å². The van der Waals surface area contributed by atoms with Crippen molar-refractivity contribution >= 4 is 17.3 Å². The number of nitrogens with two attached hydrogens (primary N) is 1. The summed E-state index contributed by atoms with van der Waals surface area (Å²) in [5.41, 5.74) is 7.89. The molecule has 0 radical (unpaired) electrons. The van der Waals surface area contributed by atoms with E-state index in [0.29, 0.717) is 17.8 Å². The summed E-state index contributed by atoms with van der Waals surface area (Å²) in [5, 5.41) is 2.71. The minimum absolute atomic E-state index is 0.122. The van der Waals surface area contributed by atoms with E-state index < -0.39 is 5.82 Å². The van der Waals surface area contributed by atoms with Crippen LogP contribution in [0.25, 0.3) is 0 Å². The van der Waals surface area contributed by atoms with Gasteiger partial charge in [-0.3, -0.25) is 4.79 Å². The van der Waals surface area contributed by atoms with E-state index in [1.54, 1.807) is 12.1 Å². The molecule has 1 amide bonds. The van der Waals surface area contributed by atoms with Crippen molar-refractivity contribution in [2.24, 2.45) is 0 Å². The van der Waals surface area contributed by atoms with Crippen molar-refractivity contribution in [1.82, 2.24) is 0 Å². The molecule has 0 unspecified atom stereocenters. The second-order valence-corrected chi connectivity index (χ2v) is 6.06. The highest BCUT2D eigenvalue weighted by molar-refractivity contribution is 5.91. The van der Waals surface area contributed by atoms with Crippen molar-refractivity contribution in [3.05, 3.63) is 53.8 Å². The fourth-order valence-corrected chi connectivity index (χ4v) is 2.58. The quantitative estimate of drug-likeness (QED) is 0.790. The van der Waals surface area contributed by atoms with Crippen molar-refractivity contribution in [3.63, 3.8) is 0 Å². The number of halogens is 1. The molecule has 4 nitrogen and oxygen atoms in total. The maximum absolute atomic E-state index is 14.0. The molecule has 1 fully saturated rings. The Labute approximate surface area is 140 Å². The van der Waals surface area contributed by atoms with Gasteiger partial charge in [0, 0.05) is 23.9 Å². The van der Waals surface area contributed by atoms with Gasteiger partial charge in [0.05, 0.1) is 6.10 Å². The van der Waals surface area contributed by atoms with Crippen molar-refractivity contribution in [1.29, 1.82) is 0 Å². The van der Waals surface area contributed by atoms with Crippen LogP contribution >= 0.6 is 0 Å². The second kappa shape index (κ2) is 7.34. The standard InChI is InChI=1S/C19H21FN2O2/c20-16-12-14(9-10-18(16)24-15-5-3-6-15)22-19(23)11-8-13-4-1-2-7-17(13)21/h1-2,4,7,9-10,12,15H,3,5-6,8,11,21H2,(H,22,23). The van der Waals surface area contributed by atoms with Crippen LogP contribution in [-0.2, 0) is 11.2 Å². The van der Waals surface area contributed by atoms with Gasteiger partial charge < -0.3 is 15.8 Å². The number of anilines is 2. The van der Waals surface area contributed by atoms with Crippen LogP contribution in [0.15, 0.2) is 42.5 Å². The third-order valence-corrected chi connectivity index (χ3v) is 4.24. The molecule has 0 atom stereocenters. The summed E-state index contributed by atoms with van der Waals surface area (Å²) in [6.07, 6.45) is 4.03. The molecule has 0 bridgehead atoms. The molecule has 0 saturated heterocycles. The monoisotopic (exact) mass is 328 g/mol. The van der Waals surface area contributed by atoms with Crippen LogP contribution in [0, 0.1) is 5.82 Å². The van der Waals surface area contributed by atoms with Gasteiger partial charge >= 0.3 is 0 Å². The van der Waals surface area contributed by atoms with Gasteiger partial charge in [-0.05, 0) is 49.4 Å².